The third-order valence-corrected chi connectivity index (χ3v) is 2.12. The van der Waals surface area contributed by atoms with Crippen molar-refractivity contribution in [3.63, 3.8) is 0 Å². The van der Waals surface area contributed by atoms with E-state index in [9.17, 15) is 0 Å². The molecule has 0 aromatic carbocycles. The van der Waals surface area contributed by atoms with E-state index in [1.54, 1.807) is 12.4 Å². The largest absolute Gasteiger partial charge is 0.317 e. The molecule has 0 saturated heterocycles. The molecule has 3 nitrogen and oxygen atoms in total. The summed E-state index contributed by atoms with van der Waals surface area (Å²) in [7, 11) is 2.00. The minimum absolute atomic E-state index is 0.529. The Morgan fingerprint density at radius 1 is 1.46 bits per heavy atom. The van der Waals surface area contributed by atoms with Crippen LogP contribution in [-0.4, -0.2) is 23.1 Å². The smallest absolute Gasteiger partial charge is 0.0602 e. The fourth-order valence-electron chi connectivity index (χ4n) is 1.38. The number of nitrogens with one attached hydrogen (secondary N) is 1. The number of hydrogen-bond donors (Lipinski definition) is 1. The molecular weight excluding hydrogens is 162 g/mol. The van der Waals surface area contributed by atoms with Gasteiger partial charge in [0.15, 0.2) is 0 Å². The minimum Gasteiger partial charge on any atom is -0.317 e. The Hall–Kier alpha value is -0.960. The summed E-state index contributed by atoms with van der Waals surface area (Å²) >= 11 is 0. The molecule has 1 aromatic rings. The van der Waals surface area contributed by atoms with Gasteiger partial charge in [-0.2, -0.15) is 0 Å². The van der Waals surface area contributed by atoms with Crippen molar-refractivity contribution in [3.05, 3.63) is 24.3 Å². The third kappa shape index (κ3) is 3.51. The van der Waals surface area contributed by atoms with E-state index in [4.69, 9.17) is 0 Å². The van der Waals surface area contributed by atoms with Crippen molar-refractivity contribution < 1.29 is 0 Å². The molecular formula is C10H17N3. The van der Waals surface area contributed by atoms with Crippen LogP contribution in [0.15, 0.2) is 18.6 Å². The molecule has 0 saturated carbocycles. The average Bonchev–Trinajstić information content (AvgIpc) is 2.19. The molecule has 0 amide bonds. The van der Waals surface area contributed by atoms with Crippen molar-refractivity contribution in [2.75, 3.05) is 7.05 Å². The Balaban J connectivity index is 2.46. The molecule has 0 bridgehead atoms. The molecule has 1 rings (SSSR count). The third-order valence-electron chi connectivity index (χ3n) is 2.12. The van der Waals surface area contributed by atoms with Crippen LogP contribution < -0.4 is 5.32 Å². The molecule has 72 valence electrons. The van der Waals surface area contributed by atoms with Crippen LogP contribution in [0, 0.1) is 0 Å². The average molecular weight is 179 g/mol. The van der Waals surface area contributed by atoms with Gasteiger partial charge in [0.05, 0.1) is 5.69 Å². The highest BCUT2D eigenvalue weighted by Crippen LogP contribution is 2.03. The van der Waals surface area contributed by atoms with E-state index in [1.807, 2.05) is 13.2 Å². The maximum Gasteiger partial charge on any atom is 0.0602 e. The fourth-order valence-corrected chi connectivity index (χ4v) is 1.38. The molecule has 1 unspecified atom stereocenters. The highest BCUT2D eigenvalue weighted by molar-refractivity contribution is 4.97. The van der Waals surface area contributed by atoms with Crippen LogP contribution in [0.4, 0.5) is 0 Å². The normalized spacial score (nSPS) is 12.8. The molecule has 13 heavy (non-hydrogen) atoms. The molecule has 3 heteroatoms. The fraction of sp³-hybridized carbons (Fsp3) is 0.600. The van der Waals surface area contributed by atoms with Gasteiger partial charge in [-0.15, -0.1) is 0 Å². The molecule has 0 aliphatic carbocycles. The SMILES string of the molecule is CCCC(Cc1cnccn1)NC. The van der Waals surface area contributed by atoms with Crippen molar-refractivity contribution in [1.82, 2.24) is 15.3 Å². The Kier molecular flexibility index (Phi) is 4.40. The van der Waals surface area contributed by atoms with E-state index in [2.05, 4.69) is 22.2 Å². The summed E-state index contributed by atoms with van der Waals surface area (Å²) in [5.74, 6) is 0. The lowest BCUT2D eigenvalue weighted by Crippen LogP contribution is -2.27. The van der Waals surface area contributed by atoms with Crippen molar-refractivity contribution in [3.8, 4) is 0 Å². The van der Waals surface area contributed by atoms with E-state index in [0.29, 0.717) is 6.04 Å². The van der Waals surface area contributed by atoms with Gasteiger partial charge in [-0.25, -0.2) is 0 Å². The standard InChI is InChI=1S/C10H17N3/c1-3-4-9(11-2)7-10-8-12-5-6-13-10/h5-6,8-9,11H,3-4,7H2,1-2H3. The summed E-state index contributed by atoms with van der Waals surface area (Å²) in [6.07, 6.45) is 8.64. The van der Waals surface area contributed by atoms with Gasteiger partial charge in [-0.05, 0) is 13.5 Å². The molecule has 0 spiro atoms. The van der Waals surface area contributed by atoms with Crippen LogP contribution in [0.1, 0.15) is 25.5 Å². The second kappa shape index (κ2) is 5.65. The Morgan fingerprint density at radius 2 is 2.31 bits per heavy atom. The maximum atomic E-state index is 4.25. The molecule has 0 radical (unpaired) electrons. The topological polar surface area (TPSA) is 37.8 Å². The van der Waals surface area contributed by atoms with Gasteiger partial charge in [0.1, 0.15) is 0 Å². The lowest BCUT2D eigenvalue weighted by molar-refractivity contribution is 0.508. The maximum absolute atomic E-state index is 4.25. The number of rotatable bonds is 5. The summed E-state index contributed by atoms with van der Waals surface area (Å²) in [6.45, 7) is 2.20. The van der Waals surface area contributed by atoms with Gasteiger partial charge in [-0.3, -0.25) is 9.97 Å². The highest BCUT2D eigenvalue weighted by atomic mass is 14.9. The van der Waals surface area contributed by atoms with Crippen LogP contribution in [-0.2, 0) is 6.42 Å². The van der Waals surface area contributed by atoms with Crippen LogP contribution in [0.3, 0.4) is 0 Å². The van der Waals surface area contributed by atoms with E-state index in [1.165, 1.54) is 12.8 Å². The lowest BCUT2D eigenvalue weighted by Gasteiger charge is -2.13. The zero-order valence-electron chi connectivity index (χ0n) is 8.33. The summed E-state index contributed by atoms with van der Waals surface area (Å²) in [5.41, 5.74) is 1.07. The van der Waals surface area contributed by atoms with Gasteiger partial charge in [0.2, 0.25) is 0 Å². The van der Waals surface area contributed by atoms with E-state index in [0.717, 1.165) is 12.1 Å². The Bertz CT molecular complexity index is 223. The monoisotopic (exact) mass is 179 g/mol. The zero-order valence-corrected chi connectivity index (χ0v) is 8.33. The molecule has 1 N–H and O–H groups in total. The molecule has 1 atom stereocenters. The van der Waals surface area contributed by atoms with Gasteiger partial charge in [-0.1, -0.05) is 13.3 Å². The summed E-state index contributed by atoms with van der Waals surface area (Å²) in [5, 5.41) is 3.28. The van der Waals surface area contributed by atoms with E-state index >= 15 is 0 Å². The Labute approximate surface area is 79.6 Å². The van der Waals surface area contributed by atoms with Crippen molar-refractivity contribution >= 4 is 0 Å². The van der Waals surface area contributed by atoms with Crippen LogP contribution in [0.25, 0.3) is 0 Å². The first-order chi connectivity index (χ1) is 6.36. The first kappa shape index (κ1) is 10.1. The number of nitrogens with zero attached hydrogens (tertiary/aromatic N) is 2. The van der Waals surface area contributed by atoms with Crippen molar-refractivity contribution in [2.45, 2.75) is 32.2 Å². The van der Waals surface area contributed by atoms with Gasteiger partial charge < -0.3 is 5.32 Å². The number of aromatic nitrogens is 2. The van der Waals surface area contributed by atoms with Gasteiger partial charge in [0, 0.05) is 31.1 Å². The minimum atomic E-state index is 0.529. The van der Waals surface area contributed by atoms with Gasteiger partial charge in [0.25, 0.3) is 0 Å². The zero-order chi connectivity index (χ0) is 9.52. The van der Waals surface area contributed by atoms with E-state index in [-0.39, 0.29) is 0 Å². The van der Waals surface area contributed by atoms with Crippen LogP contribution >= 0.6 is 0 Å². The molecule has 0 aliphatic heterocycles. The number of hydrogen-bond acceptors (Lipinski definition) is 3. The lowest BCUT2D eigenvalue weighted by atomic mass is 10.1. The first-order valence-electron chi connectivity index (χ1n) is 4.79. The highest BCUT2D eigenvalue weighted by Gasteiger charge is 2.06. The molecule has 0 fully saturated rings. The quantitative estimate of drug-likeness (QED) is 0.742. The Morgan fingerprint density at radius 3 is 2.85 bits per heavy atom. The summed E-state index contributed by atoms with van der Waals surface area (Å²) in [6, 6.07) is 0.529. The second-order valence-corrected chi connectivity index (χ2v) is 3.18. The molecule has 1 aromatic heterocycles. The van der Waals surface area contributed by atoms with Gasteiger partial charge >= 0.3 is 0 Å². The van der Waals surface area contributed by atoms with Crippen LogP contribution in [0.2, 0.25) is 0 Å². The summed E-state index contributed by atoms with van der Waals surface area (Å²) < 4.78 is 0. The predicted molar refractivity (Wildman–Crippen MR) is 53.5 cm³/mol. The second-order valence-electron chi connectivity index (χ2n) is 3.18. The molecule has 1 heterocycles. The van der Waals surface area contributed by atoms with E-state index < -0.39 is 0 Å². The van der Waals surface area contributed by atoms with Crippen LogP contribution in [0.5, 0.6) is 0 Å². The number of likely N-dealkylation sites (N-methyl/N-ethyl adjacent to an activating group) is 1. The molecule has 0 aliphatic rings. The predicted octanol–water partition coefficient (Wildman–Crippen LogP) is 1.41. The summed E-state index contributed by atoms with van der Waals surface area (Å²) in [4.78, 5) is 8.29. The first-order valence-corrected chi connectivity index (χ1v) is 4.79. The van der Waals surface area contributed by atoms with Crippen molar-refractivity contribution in [1.29, 1.82) is 0 Å². The van der Waals surface area contributed by atoms with Crippen molar-refractivity contribution in [2.24, 2.45) is 0 Å².